The van der Waals surface area contributed by atoms with Crippen molar-refractivity contribution in [3.05, 3.63) is 39.9 Å². The first-order valence-electron chi connectivity index (χ1n) is 15.0. The number of nitriles is 1. The smallest absolute Gasteiger partial charge is 0.323 e. The van der Waals surface area contributed by atoms with Gasteiger partial charge in [-0.1, -0.05) is 6.07 Å². The fourth-order valence-electron chi connectivity index (χ4n) is 6.81. The summed E-state index contributed by atoms with van der Waals surface area (Å²) in [4.78, 5) is 26.7. The van der Waals surface area contributed by atoms with Gasteiger partial charge in [-0.15, -0.1) is 11.3 Å². The molecule has 0 amide bonds. The molecule has 13 heteroatoms. The van der Waals surface area contributed by atoms with Crippen molar-refractivity contribution in [3.8, 4) is 12.1 Å². The predicted molar refractivity (Wildman–Crippen MR) is 165 cm³/mol. The normalized spacial score (nSPS) is 20.7. The Morgan fingerprint density at radius 1 is 1.19 bits per heavy atom. The summed E-state index contributed by atoms with van der Waals surface area (Å²) in [6.45, 7) is 8.57. The van der Waals surface area contributed by atoms with Crippen LogP contribution in [0.15, 0.2) is 18.3 Å². The van der Waals surface area contributed by atoms with E-state index in [2.05, 4.69) is 27.8 Å². The average Bonchev–Trinajstić information content (AvgIpc) is 3.55. The minimum Gasteiger partial charge on any atom is -0.463 e. The predicted octanol–water partition coefficient (Wildman–Crippen LogP) is 2.76. The molecule has 4 aliphatic rings. The Morgan fingerprint density at radius 3 is 2.70 bits per heavy atom. The topological polar surface area (TPSA) is 156 Å². The first-order chi connectivity index (χ1) is 20.8. The molecule has 12 nitrogen and oxygen atoms in total. The number of fused-ring (bicyclic) bond motifs is 2. The largest absolute Gasteiger partial charge is 0.463 e. The number of nitrogens with zero attached hydrogens (tertiary/aromatic N) is 8. The van der Waals surface area contributed by atoms with Crippen LogP contribution in [0.2, 0.25) is 0 Å². The van der Waals surface area contributed by atoms with E-state index in [9.17, 15) is 5.26 Å². The third kappa shape index (κ3) is 5.11. The van der Waals surface area contributed by atoms with Crippen LogP contribution in [0.5, 0.6) is 6.01 Å². The number of anilines is 4. The van der Waals surface area contributed by atoms with E-state index in [0.29, 0.717) is 40.9 Å². The molecule has 1 unspecified atom stereocenters. The van der Waals surface area contributed by atoms with Crippen molar-refractivity contribution < 1.29 is 9.47 Å². The summed E-state index contributed by atoms with van der Waals surface area (Å²) in [5.74, 6) is 1.58. The van der Waals surface area contributed by atoms with E-state index in [1.54, 1.807) is 17.5 Å². The standard InChI is InChI=1S/C30H38N10O2S/c1-19(20-4-3-9-34-24(20)32)38(2)26-35-27(40-16-30(17-40)6-5-22-23(30)21(14-31)25(33)43-22)37-28(36-26)42-18-29(7-8-29)15-39-10-12-41-13-11-39/h3-4,9,19H,5-8,10-13,15-18,33H2,1-2H3,(H2,32,34). The molecule has 3 fully saturated rings. The Labute approximate surface area is 255 Å². The van der Waals surface area contributed by atoms with E-state index < -0.39 is 0 Å². The van der Waals surface area contributed by atoms with Gasteiger partial charge in [0.05, 0.1) is 31.4 Å². The van der Waals surface area contributed by atoms with E-state index in [-0.39, 0.29) is 16.9 Å². The molecule has 3 aromatic rings. The van der Waals surface area contributed by atoms with Crippen LogP contribution in [0.4, 0.5) is 22.7 Å². The average molecular weight is 603 g/mol. The van der Waals surface area contributed by atoms with Crippen LogP contribution in [0.1, 0.15) is 53.8 Å². The van der Waals surface area contributed by atoms with E-state index >= 15 is 0 Å². The zero-order chi connectivity index (χ0) is 29.8. The van der Waals surface area contributed by atoms with Gasteiger partial charge in [0.2, 0.25) is 11.9 Å². The second kappa shape index (κ2) is 10.8. The van der Waals surface area contributed by atoms with Gasteiger partial charge in [0.25, 0.3) is 0 Å². The van der Waals surface area contributed by atoms with Crippen LogP contribution >= 0.6 is 11.3 Å². The highest BCUT2D eigenvalue weighted by atomic mass is 32.1. The van der Waals surface area contributed by atoms with Crippen LogP contribution < -0.4 is 26.0 Å². The van der Waals surface area contributed by atoms with Crippen molar-refractivity contribution in [2.24, 2.45) is 5.41 Å². The number of pyridine rings is 1. The summed E-state index contributed by atoms with van der Waals surface area (Å²) in [6.07, 6.45) is 5.91. The maximum absolute atomic E-state index is 9.82. The maximum atomic E-state index is 9.82. The van der Waals surface area contributed by atoms with Gasteiger partial charge in [-0.2, -0.15) is 20.2 Å². The minimum atomic E-state index is -0.125. The quantitative estimate of drug-likeness (QED) is 0.370. The van der Waals surface area contributed by atoms with E-state index in [1.165, 1.54) is 4.88 Å². The molecule has 2 aliphatic carbocycles. The number of aryl methyl sites for hydroxylation is 1. The molecule has 3 aromatic heterocycles. The van der Waals surface area contributed by atoms with Crippen LogP contribution in [0.3, 0.4) is 0 Å². The summed E-state index contributed by atoms with van der Waals surface area (Å²) < 4.78 is 11.9. The number of aromatic nitrogens is 4. The molecular weight excluding hydrogens is 564 g/mol. The highest BCUT2D eigenvalue weighted by Gasteiger charge is 2.52. The summed E-state index contributed by atoms with van der Waals surface area (Å²) in [6, 6.07) is 6.42. The number of hydrogen-bond donors (Lipinski definition) is 2. The zero-order valence-corrected chi connectivity index (χ0v) is 25.6. The first-order valence-corrected chi connectivity index (χ1v) is 15.8. The summed E-state index contributed by atoms with van der Waals surface area (Å²) in [5.41, 5.74) is 15.1. The van der Waals surface area contributed by atoms with Gasteiger partial charge >= 0.3 is 6.01 Å². The zero-order valence-electron chi connectivity index (χ0n) is 24.8. The number of morpholine rings is 1. The Balaban J connectivity index is 1.14. The van der Waals surface area contributed by atoms with E-state index in [1.807, 2.05) is 24.1 Å². The lowest BCUT2D eigenvalue weighted by Gasteiger charge is -2.48. The van der Waals surface area contributed by atoms with Crippen LogP contribution in [-0.2, 0) is 16.6 Å². The Hall–Kier alpha value is -3.73. The molecule has 2 saturated heterocycles. The van der Waals surface area contributed by atoms with Gasteiger partial charge in [-0.05, 0) is 44.2 Å². The summed E-state index contributed by atoms with van der Waals surface area (Å²) >= 11 is 1.56. The Kier molecular flexibility index (Phi) is 7.03. The number of thiophene rings is 1. The number of nitrogens with two attached hydrogens (primary N) is 2. The van der Waals surface area contributed by atoms with Crippen molar-refractivity contribution in [1.82, 2.24) is 24.8 Å². The first kappa shape index (κ1) is 28.1. The van der Waals surface area contributed by atoms with E-state index in [0.717, 1.165) is 82.7 Å². The number of ether oxygens (including phenoxy) is 2. The molecule has 7 rings (SSSR count). The molecule has 0 radical (unpaired) electrons. The van der Waals surface area contributed by atoms with Gasteiger partial charge in [0, 0.05) is 67.2 Å². The third-order valence-corrected chi connectivity index (χ3v) is 10.8. The van der Waals surface area contributed by atoms with Gasteiger partial charge in [0.1, 0.15) is 16.9 Å². The minimum absolute atomic E-state index is 0.0953. The molecule has 1 spiro atoms. The second-order valence-corrected chi connectivity index (χ2v) is 13.7. The molecule has 1 saturated carbocycles. The van der Waals surface area contributed by atoms with Crippen LogP contribution in [-0.4, -0.2) is 84.4 Å². The molecule has 43 heavy (non-hydrogen) atoms. The molecule has 4 N–H and O–H groups in total. The molecule has 5 heterocycles. The fourth-order valence-corrected chi connectivity index (χ4v) is 7.95. The van der Waals surface area contributed by atoms with Crippen LogP contribution in [0, 0.1) is 16.7 Å². The lowest BCUT2D eigenvalue weighted by atomic mass is 9.74. The SMILES string of the molecule is CC(c1cccnc1N)N(C)c1nc(OCC2(CN3CCOCC3)CC2)nc(N2CC3(CCc4sc(N)c(C#N)c43)C2)n1. The van der Waals surface area contributed by atoms with Gasteiger partial charge in [-0.3, -0.25) is 4.90 Å². The molecule has 1 atom stereocenters. The molecular formula is C30H38N10O2S. The molecule has 0 aromatic carbocycles. The summed E-state index contributed by atoms with van der Waals surface area (Å²) in [7, 11) is 1.95. The van der Waals surface area contributed by atoms with Crippen molar-refractivity contribution in [3.63, 3.8) is 0 Å². The van der Waals surface area contributed by atoms with Crippen molar-refractivity contribution in [2.45, 2.75) is 44.1 Å². The highest BCUT2D eigenvalue weighted by molar-refractivity contribution is 7.16. The van der Waals surface area contributed by atoms with Crippen molar-refractivity contribution >= 4 is 34.1 Å². The number of hydrogen-bond acceptors (Lipinski definition) is 13. The Bertz CT molecular complexity index is 1550. The van der Waals surface area contributed by atoms with Gasteiger partial charge in [-0.25, -0.2) is 4.98 Å². The number of nitrogen functional groups attached to an aromatic ring is 2. The summed E-state index contributed by atoms with van der Waals surface area (Å²) in [5, 5.41) is 10.4. The van der Waals surface area contributed by atoms with Crippen molar-refractivity contribution in [2.75, 3.05) is 80.9 Å². The monoisotopic (exact) mass is 602 g/mol. The lowest BCUT2D eigenvalue weighted by Crippen LogP contribution is -2.59. The maximum Gasteiger partial charge on any atom is 0.323 e. The third-order valence-electron chi connectivity index (χ3n) is 9.69. The fraction of sp³-hybridized carbons (Fsp3) is 0.567. The number of rotatable bonds is 9. The molecule has 0 bridgehead atoms. The van der Waals surface area contributed by atoms with Gasteiger partial charge in [0.15, 0.2) is 0 Å². The molecule has 2 aliphatic heterocycles. The molecule has 226 valence electrons. The second-order valence-electron chi connectivity index (χ2n) is 12.5. The van der Waals surface area contributed by atoms with E-state index in [4.69, 9.17) is 35.9 Å². The van der Waals surface area contributed by atoms with Crippen LogP contribution in [0.25, 0.3) is 0 Å². The lowest BCUT2D eigenvalue weighted by molar-refractivity contribution is 0.0231. The highest BCUT2D eigenvalue weighted by Crippen LogP contribution is 2.52. The van der Waals surface area contributed by atoms with Gasteiger partial charge < -0.3 is 30.7 Å². The Morgan fingerprint density at radius 2 is 1.98 bits per heavy atom. The van der Waals surface area contributed by atoms with Crippen molar-refractivity contribution in [1.29, 1.82) is 5.26 Å².